The van der Waals surface area contributed by atoms with Crippen LogP contribution >= 0.6 is 11.6 Å². The monoisotopic (exact) mass is 162 g/mol. The van der Waals surface area contributed by atoms with Crippen LogP contribution in [0.1, 0.15) is 32.1 Å². The number of rotatable bonds is 3. The molecule has 0 aromatic heterocycles. The van der Waals surface area contributed by atoms with E-state index in [0.29, 0.717) is 5.92 Å². The predicted molar refractivity (Wildman–Crippen MR) is 43.3 cm³/mol. The van der Waals surface area contributed by atoms with Crippen LogP contribution in [0.25, 0.3) is 0 Å². The maximum Gasteiger partial charge on any atom is 0.0445 e. The molecule has 0 amide bonds. The van der Waals surface area contributed by atoms with Crippen LogP contribution in [0, 0.1) is 5.92 Å². The summed E-state index contributed by atoms with van der Waals surface area (Å²) in [5, 5.41) is 8.84. The molecule has 0 heterocycles. The molecule has 1 atom stereocenters. The molecule has 1 rings (SSSR count). The summed E-state index contributed by atoms with van der Waals surface area (Å²) in [5.41, 5.74) is 0. The van der Waals surface area contributed by atoms with Gasteiger partial charge in [-0.3, -0.25) is 0 Å². The van der Waals surface area contributed by atoms with Gasteiger partial charge in [0.2, 0.25) is 0 Å². The fraction of sp³-hybridized carbons (Fsp3) is 1.00. The third-order valence-corrected chi connectivity index (χ3v) is 2.89. The van der Waals surface area contributed by atoms with Crippen LogP contribution in [0.5, 0.6) is 0 Å². The van der Waals surface area contributed by atoms with Crippen molar-refractivity contribution in [3.8, 4) is 0 Å². The molecular weight excluding hydrogens is 148 g/mol. The second kappa shape index (κ2) is 4.20. The summed E-state index contributed by atoms with van der Waals surface area (Å²) in [7, 11) is 0. The van der Waals surface area contributed by atoms with Crippen LogP contribution in [0.4, 0.5) is 0 Å². The molecule has 0 spiro atoms. The van der Waals surface area contributed by atoms with Crippen LogP contribution in [0.3, 0.4) is 0 Å². The van der Waals surface area contributed by atoms with Gasteiger partial charge in [-0.25, -0.2) is 0 Å². The Bertz CT molecular complexity index is 89.3. The van der Waals surface area contributed by atoms with E-state index in [-0.39, 0.29) is 12.0 Å². The van der Waals surface area contributed by atoms with E-state index >= 15 is 0 Å². The van der Waals surface area contributed by atoms with Gasteiger partial charge >= 0.3 is 0 Å². The lowest BCUT2D eigenvalue weighted by atomic mass is 10.0. The van der Waals surface area contributed by atoms with E-state index in [1.807, 2.05) is 0 Å². The second-order valence-corrected chi connectivity index (χ2v) is 3.63. The van der Waals surface area contributed by atoms with Crippen molar-refractivity contribution in [2.24, 2.45) is 5.92 Å². The number of hydrogen-bond acceptors (Lipinski definition) is 1. The van der Waals surface area contributed by atoms with Crippen molar-refractivity contribution >= 4 is 11.6 Å². The van der Waals surface area contributed by atoms with Gasteiger partial charge in [-0.05, 0) is 25.2 Å². The number of hydrogen-bond donors (Lipinski definition) is 1. The van der Waals surface area contributed by atoms with Crippen LogP contribution in [0.2, 0.25) is 0 Å². The largest absolute Gasteiger partial charge is 0.396 e. The first kappa shape index (κ1) is 8.35. The van der Waals surface area contributed by atoms with Gasteiger partial charge in [0.25, 0.3) is 0 Å². The van der Waals surface area contributed by atoms with E-state index in [2.05, 4.69) is 0 Å². The fourth-order valence-electron chi connectivity index (χ4n) is 1.68. The minimum absolute atomic E-state index is 0.229. The highest BCUT2D eigenvalue weighted by Crippen LogP contribution is 2.31. The zero-order chi connectivity index (χ0) is 7.40. The molecule has 1 saturated carbocycles. The minimum Gasteiger partial charge on any atom is -0.396 e. The average Bonchev–Trinajstić information content (AvgIpc) is 2.38. The molecule has 0 aromatic rings. The molecule has 0 radical (unpaired) electrons. The SMILES string of the molecule is OCCC(Cl)C1CCCC1. The standard InChI is InChI=1S/C8H15ClO/c9-8(5-6-10)7-3-1-2-4-7/h7-8,10H,1-6H2. The first-order chi connectivity index (χ1) is 4.84. The van der Waals surface area contributed by atoms with Crippen molar-refractivity contribution in [2.75, 3.05) is 6.61 Å². The third-order valence-electron chi connectivity index (χ3n) is 2.32. The van der Waals surface area contributed by atoms with Gasteiger partial charge in [-0.15, -0.1) is 11.6 Å². The first-order valence-corrected chi connectivity index (χ1v) is 4.53. The summed E-state index contributed by atoms with van der Waals surface area (Å²) in [6.07, 6.45) is 5.98. The van der Waals surface area contributed by atoms with Gasteiger partial charge in [0.1, 0.15) is 0 Å². The topological polar surface area (TPSA) is 20.2 Å². The Morgan fingerprint density at radius 1 is 1.40 bits per heavy atom. The number of alkyl halides is 1. The Morgan fingerprint density at radius 3 is 2.50 bits per heavy atom. The lowest BCUT2D eigenvalue weighted by Crippen LogP contribution is -2.12. The summed E-state index contributed by atoms with van der Waals surface area (Å²) < 4.78 is 0. The van der Waals surface area contributed by atoms with Crippen molar-refractivity contribution in [3.63, 3.8) is 0 Å². The molecule has 2 heteroatoms. The number of aliphatic hydroxyl groups is 1. The molecule has 0 aromatic carbocycles. The molecule has 10 heavy (non-hydrogen) atoms. The lowest BCUT2D eigenvalue weighted by Gasteiger charge is -2.14. The van der Waals surface area contributed by atoms with Crippen molar-refractivity contribution < 1.29 is 5.11 Å². The van der Waals surface area contributed by atoms with Crippen LogP contribution in [-0.4, -0.2) is 17.1 Å². The quantitative estimate of drug-likeness (QED) is 0.631. The summed E-state index contributed by atoms with van der Waals surface area (Å²) in [6, 6.07) is 0. The van der Waals surface area contributed by atoms with Crippen molar-refractivity contribution in [2.45, 2.75) is 37.5 Å². The highest BCUT2D eigenvalue weighted by Gasteiger charge is 2.22. The Hall–Kier alpha value is 0.250. The molecule has 1 fully saturated rings. The molecule has 1 aliphatic rings. The van der Waals surface area contributed by atoms with E-state index in [4.69, 9.17) is 16.7 Å². The molecule has 0 saturated heterocycles. The van der Waals surface area contributed by atoms with Gasteiger partial charge in [0, 0.05) is 12.0 Å². The maximum absolute atomic E-state index is 8.61. The Labute approximate surface area is 67.4 Å². The molecule has 1 unspecified atom stereocenters. The van der Waals surface area contributed by atoms with Gasteiger partial charge in [0.05, 0.1) is 0 Å². The smallest absolute Gasteiger partial charge is 0.0445 e. The second-order valence-electron chi connectivity index (χ2n) is 3.07. The maximum atomic E-state index is 8.61. The molecule has 0 aliphatic heterocycles. The lowest BCUT2D eigenvalue weighted by molar-refractivity contribution is 0.274. The van der Waals surface area contributed by atoms with E-state index in [1.165, 1.54) is 25.7 Å². The minimum atomic E-state index is 0.229. The van der Waals surface area contributed by atoms with E-state index < -0.39 is 0 Å². The van der Waals surface area contributed by atoms with Gasteiger partial charge in [0.15, 0.2) is 0 Å². The molecule has 1 nitrogen and oxygen atoms in total. The van der Waals surface area contributed by atoms with Crippen molar-refractivity contribution in [3.05, 3.63) is 0 Å². The average molecular weight is 163 g/mol. The van der Waals surface area contributed by atoms with Gasteiger partial charge in [-0.2, -0.15) is 0 Å². The Balaban J connectivity index is 2.18. The molecule has 1 aliphatic carbocycles. The normalized spacial score (nSPS) is 23.4. The summed E-state index contributed by atoms with van der Waals surface area (Å²) in [4.78, 5) is 0. The zero-order valence-corrected chi connectivity index (χ0v) is 6.98. The number of aliphatic hydroxyl groups excluding tert-OH is 1. The Kier molecular flexibility index (Phi) is 3.50. The van der Waals surface area contributed by atoms with Crippen LogP contribution in [0.15, 0.2) is 0 Å². The Morgan fingerprint density at radius 2 is 2.00 bits per heavy atom. The van der Waals surface area contributed by atoms with Gasteiger partial charge in [-0.1, -0.05) is 12.8 Å². The van der Waals surface area contributed by atoms with Crippen molar-refractivity contribution in [1.82, 2.24) is 0 Å². The predicted octanol–water partition coefficient (Wildman–Crippen LogP) is 2.17. The summed E-state index contributed by atoms with van der Waals surface area (Å²) >= 11 is 6.03. The molecule has 1 N–H and O–H groups in total. The zero-order valence-electron chi connectivity index (χ0n) is 6.22. The highest BCUT2D eigenvalue weighted by molar-refractivity contribution is 6.20. The number of halogens is 1. The van der Waals surface area contributed by atoms with Crippen LogP contribution < -0.4 is 0 Å². The molecule has 60 valence electrons. The molecule has 0 bridgehead atoms. The van der Waals surface area contributed by atoms with E-state index in [9.17, 15) is 0 Å². The highest BCUT2D eigenvalue weighted by atomic mass is 35.5. The van der Waals surface area contributed by atoms with E-state index in [0.717, 1.165) is 6.42 Å². The van der Waals surface area contributed by atoms with Gasteiger partial charge < -0.3 is 5.11 Å². The molecular formula is C8H15ClO. The third kappa shape index (κ3) is 2.14. The van der Waals surface area contributed by atoms with Crippen LogP contribution in [-0.2, 0) is 0 Å². The van der Waals surface area contributed by atoms with Crippen molar-refractivity contribution in [1.29, 1.82) is 0 Å². The summed E-state index contributed by atoms with van der Waals surface area (Å²) in [5.74, 6) is 0.689. The first-order valence-electron chi connectivity index (χ1n) is 4.09. The van der Waals surface area contributed by atoms with E-state index in [1.54, 1.807) is 0 Å². The fourth-order valence-corrected chi connectivity index (χ4v) is 2.03. The summed E-state index contributed by atoms with van der Waals surface area (Å²) in [6.45, 7) is 0.241.